The number of rotatable bonds is 6. The minimum atomic E-state index is -4.10. The standard InChI is InChI=1S/C10H19F3N2/c1-9(2)5-8(9)6-14-3-4-15-7-10(11,12)13/h8,14-15H,3-7H2,1-2H3. The van der Waals surface area contributed by atoms with Crippen LogP contribution in [0.15, 0.2) is 0 Å². The van der Waals surface area contributed by atoms with Crippen LogP contribution < -0.4 is 10.6 Å². The molecule has 2 N–H and O–H groups in total. The second-order valence-electron chi connectivity index (χ2n) is 4.89. The minimum Gasteiger partial charge on any atom is -0.315 e. The highest BCUT2D eigenvalue weighted by Gasteiger charge is 2.44. The van der Waals surface area contributed by atoms with Gasteiger partial charge in [0.1, 0.15) is 0 Å². The Bertz CT molecular complexity index is 201. The molecule has 90 valence electrons. The summed E-state index contributed by atoms with van der Waals surface area (Å²) in [5, 5.41) is 5.51. The van der Waals surface area contributed by atoms with Gasteiger partial charge in [-0.2, -0.15) is 13.2 Å². The van der Waals surface area contributed by atoms with Crippen LogP contribution in [0.25, 0.3) is 0 Å². The van der Waals surface area contributed by atoms with E-state index in [1.165, 1.54) is 6.42 Å². The second-order valence-corrected chi connectivity index (χ2v) is 4.89. The summed E-state index contributed by atoms with van der Waals surface area (Å²) in [6.07, 6.45) is -2.88. The SMILES string of the molecule is CC1(C)CC1CNCCNCC(F)(F)F. The molecule has 0 amide bonds. The average molecular weight is 224 g/mol. The van der Waals surface area contributed by atoms with Crippen LogP contribution in [0, 0.1) is 11.3 Å². The van der Waals surface area contributed by atoms with E-state index in [1.54, 1.807) is 0 Å². The Morgan fingerprint density at radius 3 is 2.20 bits per heavy atom. The zero-order valence-electron chi connectivity index (χ0n) is 9.25. The van der Waals surface area contributed by atoms with E-state index in [9.17, 15) is 13.2 Å². The fourth-order valence-corrected chi connectivity index (χ4v) is 1.61. The highest BCUT2D eigenvalue weighted by molar-refractivity contribution is 4.95. The quantitative estimate of drug-likeness (QED) is 0.672. The molecule has 1 atom stereocenters. The molecule has 0 aromatic rings. The van der Waals surface area contributed by atoms with Gasteiger partial charge in [-0.15, -0.1) is 0 Å². The summed E-state index contributed by atoms with van der Waals surface area (Å²) in [5.41, 5.74) is 0.437. The van der Waals surface area contributed by atoms with Gasteiger partial charge in [0.2, 0.25) is 0 Å². The van der Waals surface area contributed by atoms with Crippen LogP contribution >= 0.6 is 0 Å². The summed E-state index contributed by atoms with van der Waals surface area (Å²) in [5.74, 6) is 0.695. The molecule has 1 fully saturated rings. The van der Waals surface area contributed by atoms with Crippen molar-refractivity contribution >= 4 is 0 Å². The number of hydrogen-bond donors (Lipinski definition) is 2. The maximum Gasteiger partial charge on any atom is 0.401 e. The van der Waals surface area contributed by atoms with E-state index in [1.807, 2.05) is 0 Å². The Morgan fingerprint density at radius 1 is 1.20 bits per heavy atom. The fourth-order valence-electron chi connectivity index (χ4n) is 1.61. The van der Waals surface area contributed by atoms with Gasteiger partial charge in [-0.05, 0) is 24.3 Å². The second kappa shape index (κ2) is 4.70. The first-order valence-electron chi connectivity index (χ1n) is 5.29. The molecule has 0 bridgehead atoms. The molecule has 0 aromatic heterocycles. The van der Waals surface area contributed by atoms with Crippen molar-refractivity contribution in [1.29, 1.82) is 0 Å². The van der Waals surface area contributed by atoms with Crippen molar-refractivity contribution < 1.29 is 13.2 Å². The van der Waals surface area contributed by atoms with E-state index in [4.69, 9.17) is 0 Å². The maximum atomic E-state index is 11.7. The van der Waals surface area contributed by atoms with E-state index in [0.29, 0.717) is 24.4 Å². The van der Waals surface area contributed by atoms with Crippen molar-refractivity contribution in [3.63, 3.8) is 0 Å². The molecule has 0 spiro atoms. The molecule has 1 unspecified atom stereocenters. The van der Waals surface area contributed by atoms with Gasteiger partial charge in [0.05, 0.1) is 6.54 Å². The van der Waals surface area contributed by atoms with Crippen LogP contribution in [0.1, 0.15) is 20.3 Å². The number of nitrogens with one attached hydrogen (secondary N) is 2. The first kappa shape index (κ1) is 12.8. The van der Waals surface area contributed by atoms with Crippen molar-refractivity contribution in [1.82, 2.24) is 10.6 Å². The molecule has 0 heterocycles. The third kappa shape index (κ3) is 5.37. The lowest BCUT2D eigenvalue weighted by molar-refractivity contribution is -0.124. The van der Waals surface area contributed by atoms with Crippen molar-refractivity contribution in [2.75, 3.05) is 26.2 Å². The van der Waals surface area contributed by atoms with Gasteiger partial charge < -0.3 is 10.6 Å². The highest BCUT2D eigenvalue weighted by atomic mass is 19.4. The van der Waals surface area contributed by atoms with Crippen LogP contribution in [-0.2, 0) is 0 Å². The lowest BCUT2D eigenvalue weighted by Gasteiger charge is -2.09. The molecule has 15 heavy (non-hydrogen) atoms. The molecule has 2 nitrogen and oxygen atoms in total. The fraction of sp³-hybridized carbons (Fsp3) is 1.00. The van der Waals surface area contributed by atoms with Crippen LogP contribution in [0.2, 0.25) is 0 Å². The Kier molecular flexibility index (Phi) is 4.00. The van der Waals surface area contributed by atoms with Crippen molar-refractivity contribution in [3.8, 4) is 0 Å². The molecule has 0 aliphatic heterocycles. The predicted octanol–water partition coefficient (Wildman–Crippen LogP) is 1.77. The summed E-state index contributed by atoms with van der Waals surface area (Å²) < 4.78 is 35.2. The Hall–Kier alpha value is -0.290. The lowest BCUT2D eigenvalue weighted by atomic mass is 10.1. The molecular formula is C10H19F3N2. The first-order valence-corrected chi connectivity index (χ1v) is 5.29. The van der Waals surface area contributed by atoms with Gasteiger partial charge >= 0.3 is 6.18 Å². The average Bonchev–Trinajstić information content (AvgIpc) is 2.64. The van der Waals surface area contributed by atoms with Crippen molar-refractivity contribution in [2.24, 2.45) is 11.3 Å². The third-order valence-electron chi connectivity index (χ3n) is 2.91. The topological polar surface area (TPSA) is 24.1 Å². The van der Waals surface area contributed by atoms with Crippen LogP contribution in [-0.4, -0.2) is 32.4 Å². The van der Waals surface area contributed by atoms with Gasteiger partial charge in [0.15, 0.2) is 0 Å². The van der Waals surface area contributed by atoms with E-state index < -0.39 is 12.7 Å². The minimum absolute atomic E-state index is 0.368. The molecule has 1 aliphatic carbocycles. The molecular weight excluding hydrogens is 205 g/mol. The predicted molar refractivity (Wildman–Crippen MR) is 53.7 cm³/mol. The highest BCUT2D eigenvalue weighted by Crippen LogP contribution is 2.50. The first-order chi connectivity index (χ1) is 6.81. The number of alkyl halides is 3. The normalized spacial score (nSPS) is 24.2. The Morgan fingerprint density at radius 2 is 1.73 bits per heavy atom. The smallest absolute Gasteiger partial charge is 0.315 e. The largest absolute Gasteiger partial charge is 0.401 e. The van der Waals surface area contributed by atoms with Gasteiger partial charge in [0, 0.05) is 13.1 Å². The molecule has 0 saturated heterocycles. The van der Waals surface area contributed by atoms with Crippen LogP contribution in [0.5, 0.6) is 0 Å². The van der Waals surface area contributed by atoms with Crippen molar-refractivity contribution in [2.45, 2.75) is 26.4 Å². The molecule has 1 aliphatic rings. The van der Waals surface area contributed by atoms with Crippen molar-refractivity contribution in [3.05, 3.63) is 0 Å². The summed E-state index contributed by atoms with van der Waals surface area (Å²) in [6, 6.07) is 0. The third-order valence-corrected chi connectivity index (χ3v) is 2.91. The molecule has 5 heteroatoms. The van der Waals surface area contributed by atoms with E-state index >= 15 is 0 Å². The van der Waals surface area contributed by atoms with Gasteiger partial charge in [-0.1, -0.05) is 13.8 Å². The van der Waals surface area contributed by atoms with E-state index in [-0.39, 0.29) is 0 Å². The molecule has 1 saturated carbocycles. The number of halogens is 3. The van der Waals surface area contributed by atoms with E-state index in [0.717, 1.165) is 6.54 Å². The molecule has 1 rings (SSSR count). The zero-order chi connectivity index (χ0) is 11.5. The number of hydrogen-bond acceptors (Lipinski definition) is 2. The Balaban J connectivity index is 1.86. The van der Waals surface area contributed by atoms with Crippen LogP contribution in [0.4, 0.5) is 13.2 Å². The van der Waals surface area contributed by atoms with E-state index in [2.05, 4.69) is 24.5 Å². The Labute approximate surface area is 88.6 Å². The lowest BCUT2D eigenvalue weighted by Crippen LogP contribution is -2.34. The molecule has 0 radical (unpaired) electrons. The van der Waals surface area contributed by atoms with Gasteiger partial charge in [0.25, 0.3) is 0 Å². The summed E-state index contributed by atoms with van der Waals surface area (Å²) >= 11 is 0. The van der Waals surface area contributed by atoms with Gasteiger partial charge in [-0.25, -0.2) is 0 Å². The summed E-state index contributed by atoms with van der Waals surface area (Å²) in [7, 11) is 0. The zero-order valence-corrected chi connectivity index (χ0v) is 9.25. The van der Waals surface area contributed by atoms with Crippen LogP contribution in [0.3, 0.4) is 0 Å². The molecule has 0 aromatic carbocycles. The summed E-state index contributed by atoms with van der Waals surface area (Å²) in [6.45, 7) is 5.40. The summed E-state index contributed by atoms with van der Waals surface area (Å²) in [4.78, 5) is 0. The van der Waals surface area contributed by atoms with Gasteiger partial charge in [-0.3, -0.25) is 0 Å². The maximum absolute atomic E-state index is 11.7. The monoisotopic (exact) mass is 224 g/mol.